The number of carbonyl (C=O) groups is 1. The molecular formula is C18H19N7OS. The summed E-state index contributed by atoms with van der Waals surface area (Å²) in [5, 5.41) is 5.83. The van der Waals surface area contributed by atoms with Gasteiger partial charge in [0.1, 0.15) is 0 Å². The van der Waals surface area contributed by atoms with Crippen LogP contribution in [0.1, 0.15) is 36.7 Å². The van der Waals surface area contributed by atoms with Crippen LogP contribution in [0.3, 0.4) is 0 Å². The predicted octanol–water partition coefficient (Wildman–Crippen LogP) is 3.17. The van der Waals surface area contributed by atoms with Crippen LogP contribution in [0.4, 0.5) is 11.1 Å². The fraction of sp³-hybridized carbons (Fsp3) is 0.278. The van der Waals surface area contributed by atoms with Gasteiger partial charge >= 0.3 is 0 Å². The summed E-state index contributed by atoms with van der Waals surface area (Å²) in [5.74, 6) is 0.501. The van der Waals surface area contributed by atoms with Crippen LogP contribution >= 0.6 is 11.3 Å². The van der Waals surface area contributed by atoms with Gasteiger partial charge in [-0.15, -0.1) is 11.3 Å². The zero-order valence-corrected chi connectivity index (χ0v) is 15.4. The fourth-order valence-electron chi connectivity index (χ4n) is 3.07. The molecule has 1 amide bonds. The van der Waals surface area contributed by atoms with E-state index in [2.05, 4.69) is 30.2 Å². The van der Waals surface area contributed by atoms with E-state index >= 15 is 0 Å². The van der Waals surface area contributed by atoms with Crippen LogP contribution in [0, 0.1) is 0 Å². The van der Waals surface area contributed by atoms with Crippen LogP contribution in [-0.4, -0.2) is 42.3 Å². The second-order valence-electron chi connectivity index (χ2n) is 6.16. The van der Waals surface area contributed by atoms with E-state index in [1.165, 1.54) is 11.3 Å². The molecule has 1 fully saturated rings. The number of anilines is 2. The Balaban J connectivity index is 1.48. The fourth-order valence-corrected chi connectivity index (χ4v) is 3.82. The van der Waals surface area contributed by atoms with Crippen molar-refractivity contribution in [3.63, 3.8) is 0 Å². The summed E-state index contributed by atoms with van der Waals surface area (Å²) in [6.07, 6.45) is 13.0. The van der Waals surface area contributed by atoms with E-state index in [1.54, 1.807) is 43.1 Å². The standard InChI is InChI=1S/C18H19N7OS/c26-16(6-5-13-10-19-12-22-13)25-9-2-1-4-15(25)14-11-27-18(23-14)24-17-20-7-3-8-21-17/h3,5-8,10-12,15H,1-2,4,9H2,(H,19,22)(H,20,21,23,24)/b6-5+/t15-/m0/s1. The number of hydrogen-bond acceptors (Lipinski definition) is 7. The molecule has 27 heavy (non-hydrogen) atoms. The molecule has 0 aromatic carbocycles. The Morgan fingerprint density at radius 3 is 3.04 bits per heavy atom. The first kappa shape index (κ1) is 17.3. The highest BCUT2D eigenvalue weighted by Crippen LogP contribution is 2.33. The molecule has 1 aliphatic heterocycles. The lowest BCUT2D eigenvalue weighted by Crippen LogP contribution is -2.37. The molecule has 9 heteroatoms. The lowest BCUT2D eigenvalue weighted by molar-refractivity contribution is -0.129. The van der Waals surface area contributed by atoms with Crippen molar-refractivity contribution in [2.45, 2.75) is 25.3 Å². The van der Waals surface area contributed by atoms with E-state index in [9.17, 15) is 4.79 Å². The minimum atomic E-state index is -0.0128. The number of H-pyrrole nitrogens is 1. The predicted molar refractivity (Wildman–Crippen MR) is 103 cm³/mol. The Kier molecular flexibility index (Phi) is 5.20. The summed E-state index contributed by atoms with van der Waals surface area (Å²) < 4.78 is 0. The second kappa shape index (κ2) is 8.09. The second-order valence-corrected chi connectivity index (χ2v) is 7.02. The number of imidazole rings is 1. The SMILES string of the molecule is O=C(/C=C/c1cnc[nH]1)N1CCCC[C@H]1c1csc(Nc2ncccn2)n1. The van der Waals surface area contributed by atoms with Gasteiger partial charge in [0.25, 0.3) is 0 Å². The van der Waals surface area contributed by atoms with Crippen LogP contribution in [0.2, 0.25) is 0 Å². The summed E-state index contributed by atoms with van der Waals surface area (Å²) in [7, 11) is 0. The topological polar surface area (TPSA) is 99.7 Å². The van der Waals surface area contributed by atoms with Gasteiger partial charge in [-0.05, 0) is 31.4 Å². The normalized spacial score (nSPS) is 17.3. The maximum atomic E-state index is 12.7. The molecule has 3 aromatic heterocycles. The van der Waals surface area contributed by atoms with Gasteiger partial charge in [0.2, 0.25) is 11.9 Å². The molecule has 8 nitrogen and oxygen atoms in total. The van der Waals surface area contributed by atoms with E-state index in [1.807, 2.05) is 10.3 Å². The number of thiazole rings is 1. The van der Waals surface area contributed by atoms with E-state index in [4.69, 9.17) is 0 Å². The zero-order valence-electron chi connectivity index (χ0n) is 14.6. The number of nitrogens with zero attached hydrogens (tertiary/aromatic N) is 5. The van der Waals surface area contributed by atoms with Gasteiger partial charge < -0.3 is 15.2 Å². The minimum Gasteiger partial charge on any atom is -0.345 e. The third-order valence-corrected chi connectivity index (χ3v) is 5.13. The van der Waals surface area contributed by atoms with Gasteiger partial charge in [0.05, 0.1) is 30.0 Å². The third-order valence-electron chi connectivity index (χ3n) is 4.36. The van der Waals surface area contributed by atoms with Crippen molar-refractivity contribution < 1.29 is 4.79 Å². The first-order valence-corrected chi connectivity index (χ1v) is 9.64. The largest absolute Gasteiger partial charge is 0.345 e. The Morgan fingerprint density at radius 2 is 2.22 bits per heavy atom. The molecule has 1 saturated heterocycles. The first-order chi connectivity index (χ1) is 13.3. The van der Waals surface area contributed by atoms with Crippen molar-refractivity contribution in [1.29, 1.82) is 0 Å². The van der Waals surface area contributed by atoms with E-state index in [0.29, 0.717) is 5.95 Å². The molecule has 2 N–H and O–H groups in total. The molecule has 4 heterocycles. The van der Waals surface area contributed by atoms with E-state index in [-0.39, 0.29) is 11.9 Å². The lowest BCUT2D eigenvalue weighted by Gasteiger charge is -2.34. The van der Waals surface area contributed by atoms with E-state index < -0.39 is 0 Å². The molecule has 3 aromatic rings. The van der Waals surface area contributed by atoms with Gasteiger partial charge in [-0.3, -0.25) is 4.79 Å². The molecule has 0 saturated carbocycles. The highest BCUT2D eigenvalue weighted by molar-refractivity contribution is 7.13. The Hall–Kier alpha value is -3.07. The number of aromatic nitrogens is 5. The summed E-state index contributed by atoms with van der Waals surface area (Å²) in [6.45, 7) is 0.735. The number of aromatic amines is 1. The molecule has 1 aliphatic rings. The molecule has 0 spiro atoms. The minimum absolute atomic E-state index is 0.0109. The van der Waals surface area contributed by atoms with Crippen LogP contribution < -0.4 is 5.32 Å². The van der Waals surface area contributed by atoms with Gasteiger partial charge in [0, 0.05) is 30.4 Å². The van der Waals surface area contributed by atoms with Crippen molar-refractivity contribution in [2.75, 3.05) is 11.9 Å². The maximum Gasteiger partial charge on any atom is 0.247 e. The Morgan fingerprint density at radius 1 is 1.33 bits per heavy atom. The monoisotopic (exact) mass is 381 g/mol. The number of amides is 1. The lowest BCUT2D eigenvalue weighted by atomic mass is 10.00. The van der Waals surface area contributed by atoms with Crippen molar-refractivity contribution in [3.05, 3.63) is 53.8 Å². The van der Waals surface area contributed by atoms with Crippen LogP contribution in [0.15, 0.2) is 42.4 Å². The molecule has 4 rings (SSSR count). The summed E-state index contributed by atoms with van der Waals surface area (Å²) in [6, 6.07) is 1.75. The number of likely N-dealkylation sites (tertiary alicyclic amines) is 1. The molecule has 0 unspecified atom stereocenters. The Bertz CT molecular complexity index is 907. The number of hydrogen-bond donors (Lipinski definition) is 2. The highest BCUT2D eigenvalue weighted by Gasteiger charge is 2.28. The van der Waals surface area contributed by atoms with Gasteiger partial charge in [-0.1, -0.05) is 0 Å². The number of piperidine rings is 1. The average molecular weight is 381 g/mol. The molecule has 138 valence electrons. The quantitative estimate of drug-likeness (QED) is 0.659. The van der Waals surface area contributed by atoms with Gasteiger partial charge in [-0.2, -0.15) is 0 Å². The molecule has 0 radical (unpaired) electrons. The van der Waals surface area contributed by atoms with Crippen molar-refractivity contribution in [1.82, 2.24) is 29.8 Å². The maximum absolute atomic E-state index is 12.7. The number of rotatable bonds is 5. The van der Waals surface area contributed by atoms with Gasteiger partial charge in [-0.25, -0.2) is 19.9 Å². The zero-order chi connectivity index (χ0) is 18.5. The van der Waals surface area contributed by atoms with Crippen molar-refractivity contribution >= 4 is 34.4 Å². The Labute approximate surface area is 160 Å². The molecule has 0 bridgehead atoms. The first-order valence-electron chi connectivity index (χ1n) is 8.76. The molecule has 0 aliphatic carbocycles. The van der Waals surface area contributed by atoms with E-state index in [0.717, 1.165) is 42.3 Å². The van der Waals surface area contributed by atoms with Crippen LogP contribution in [0.5, 0.6) is 0 Å². The summed E-state index contributed by atoms with van der Waals surface area (Å²) >= 11 is 1.49. The van der Waals surface area contributed by atoms with Crippen LogP contribution in [-0.2, 0) is 4.79 Å². The third kappa shape index (κ3) is 4.20. The number of nitrogens with one attached hydrogen (secondary N) is 2. The van der Waals surface area contributed by atoms with Crippen LogP contribution in [0.25, 0.3) is 6.08 Å². The average Bonchev–Trinajstić information content (AvgIpc) is 3.39. The van der Waals surface area contributed by atoms with Crippen molar-refractivity contribution in [3.8, 4) is 0 Å². The number of carbonyl (C=O) groups excluding carboxylic acids is 1. The summed E-state index contributed by atoms with van der Waals surface area (Å²) in [4.78, 5) is 34.5. The molecular weight excluding hydrogens is 362 g/mol. The molecule has 1 atom stereocenters. The highest BCUT2D eigenvalue weighted by atomic mass is 32.1. The van der Waals surface area contributed by atoms with Crippen molar-refractivity contribution in [2.24, 2.45) is 0 Å². The van der Waals surface area contributed by atoms with Gasteiger partial charge in [0.15, 0.2) is 5.13 Å². The summed E-state index contributed by atoms with van der Waals surface area (Å²) in [5.41, 5.74) is 1.71. The smallest absolute Gasteiger partial charge is 0.247 e.